The number of carbonyl (C=O) groups is 3. The van der Waals surface area contributed by atoms with Gasteiger partial charge in [-0.3, -0.25) is 24.3 Å². The first-order valence-corrected chi connectivity index (χ1v) is 14.1. The second-order valence-corrected chi connectivity index (χ2v) is 10.7. The first kappa shape index (κ1) is 29.3. The van der Waals surface area contributed by atoms with Gasteiger partial charge in [0.15, 0.2) is 0 Å². The van der Waals surface area contributed by atoms with E-state index in [9.17, 15) is 14.4 Å². The van der Waals surface area contributed by atoms with Gasteiger partial charge in [0, 0.05) is 47.9 Å². The Morgan fingerprint density at radius 3 is 2.33 bits per heavy atom. The molecule has 2 N–H and O–H groups in total. The van der Waals surface area contributed by atoms with Crippen molar-refractivity contribution < 1.29 is 19.1 Å². The Hall–Kier alpha value is -4.24. The lowest BCUT2D eigenvalue weighted by atomic mass is 9.90. The number of fused-ring (bicyclic) bond motifs is 1. The lowest BCUT2D eigenvalue weighted by Gasteiger charge is -2.30. The highest BCUT2D eigenvalue weighted by molar-refractivity contribution is 6.34. The lowest BCUT2D eigenvalue weighted by Crippen LogP contribution is -2.41. The summed E-state index contributed by atoms with van der Waals surface area (Å²) in [5.74, 6) is -0.980. The highest BCUT2D eigenvalue weighted by atomic mass is 35.5. The minimum Gasteiger partial charge on any atom is -0.361 e. The predicted molar refractivity (Wildman–Crippen MR) is 164 cm³/mol. The molecule has 5 rings (SSSR count). The van der Waals surface area contributed by atoms with Crippen molar-refractivity contribution >= 4 is 58.0 Å². The maximum atomic E-state index is 14.0. The normalized spacial score (nSPS) is 16.2. The fourth-order valence-electron chi connectivity index (χ4n) is 5.08. The number of benzene rings is 3. The second kappa shape index (κ2) is 13.2. The minimum atomic E-state index is -0.565. The van der Waals surface area contributed by atoms with E-state index < -0.39 is 6.23 Å². The summed E-state index contributed by atoms with van der Waals surface area (Å²) < 4.78 is 5.79. The largest absolute Gasteiger partial charge is 0.361 e. The van der Waals surface area contributed by atoms with Crippen LogP contribution in [-0.4, -0.2) is 36.0 Å². The van der Waals surface area contributed by atoms with E-state index in [0.717, 1.165) is 5.56 Å². The van der Waals surface area contributed by atoms with Crippen molar-refractivity contribution in [3.8, 4) is 0 Å². The standard InChI is InChI=1S/C32H28Cl2N4O4/c1-42-30-13-8-21(18-29(39)36-24-14-16-35-17-15-24)26-19-22(33)9-12-28(26)38(30)32(41)20-6-10-23(11-7-20)37-31(40)25-4-2-3-5-27(25)34/h2-7,9-12,14-17,19,21,30H,8,13,18H2,1H3,(H,37,40)(H,35,36,39). The summed E-state index contributed by atoms with van der Waals surface area (Å²) in [6, 6.07) is 22.2. The van der Waals surface area contributed by atoms with E-state index in [0.29, 0.717) is 51.1 Å². The summed E-state index contributed by atoms with van der Waals surface area (Å²) in [6.45, 7) is 0. The van der Waals surface area contributed by atoms with Gasteiger partial charge < -0.3 is 15.4 Å². The van der Waals surface area contributed by atoms with Crippen LogP contribution in [0.4, 0.5) is 17.1 Å². The maximum Gasteiger partial charge on any atom is 0.260 e. The Morgan fingerprint density at radius 1 is 0.905 bits per heavy atom. The molecule has 0 saturated carbocycles. The quantitative estimate of drug-likeness (QED) is 0.233. The number of amides is 3. The number of rotatable bonds is 7. The maximum absolute atomic E-state index is 14.0. The van der Waals surface area contributed by atoms with Crippen molar-refractivity contribution in [3.63, 3.8) is 0 Å². The van der Waals surface area contributed by atoms with Crippen LogP contribution in [0.15, 0.2) is 91.3 Å². The van der Waals surface area contributed by atoms with Crippen LogP contribution in [0.1, 0.15) is 51.5 Å². The Labute approximate surface area is 253 Å². The average molecular weight is 604 g/mol. The number of methoxy groups -OCH3 is 1. The molecule has 2 atom stereocenters. The average Bonchev–Trinajstić information content (AvgIpc) is 3.14. The molecular formula is C32H28Cl2N4O4. The van der Waals surface area contributed by atoms with Crippen molar-refractivity contribution in [2.75, 3.05) is 22.6 Å². The number of anilines is 3. The number of carbonyl (C=O) groups excluding carboxylic acids is 3. The molecule has 8 nitrogen and oxygen atoms in total. The zero-order chi connectivity index (χ0) is 29.6. The van der Waals surface area contributed by atoms with Gasteiger partial charge in [-0.2, -0.15) is 0 Å². The number of pyridine rings is 1. The van der Waals surface area contributed by atoms with E-state index in [1.165, 1.54) is 0 Å². The smallest absolute Gasteiger partial charge is 0.260 e. The molecule has 42 heavy (non-hydrogen) atoms. The molecule has 0 saturated heterocycles. The SMILES string of the molecule is COC1CCC(CC(=O)Nc2ccncc2)c2cc(Cl)ccc2N1C(=O)c1ccc(NC(=O)c2ccccc2Cl)cc1. The third-order valence-electron chi connectivity index (χ3n) is 7.13. The van der Waals surface area contributed by atoms with Crippen LogP contribution in [-0.2, 0) is 9.53 Å². The van der Waals surface area contributed by atoms with E-state index >= 15 is 0 Å². The van der Waals surface area contributed by atoms with Gasteiger partial charge in [0.2, 0.25) is 5.91 Å². The van der Waals surface area contributed by atoms with Crippen LogP contribution in [0, 0.1) is 0 Å². The topological polar surface area (TPSA) is 101 Å². The first-order chi connectivity index (χ1) is 20.3. The molecule has 4 aromatic rings. The molecule has 1 aliphatic heterocycles. The molecule has 0 spiro atoms. The zero-order valence-corrected chi connectivity index (χ0v) is 24.2. The van der Waals surface area contributed by atoms with Crippen LogP contribution in [0.2, 0.25) is 10.0 Å². The van der Waals surface area contributed by atoms with Gasteiger partial charge in [-0.25, -0.2) is 0 Å². The molecule has 2 unspecified atom stereocenters. The fraction of sp³-hybridized carbons (Fsp3) is 0.188. The lowest BCUT2D eigenvalue weighted by molar-refractivity contribution is -0.116. The predicted octanol–water partition coefficient (Wildman–Crippen LogP) is 7.17. The fourth-order valence-corrected chi connectivity index (χ4v) is 5.48. The van der Waals surface area contributed by atoms with Crippen molar-refractivity contribution in [2.24, 2.45) is 0 Å². The highest BCUT2D eigenvalue weighted by Crippen LogP contribution is 2.41. The molecule has 0 bridgehead atoms. The molecule has 3 aromatic carbocycles. The number of aromatic nitrogens is 1. The van der Waals surface area contributed by atoms with E-state index in [-0.39, 0.29) is 30.1 Å². The first-order valence-electron chi connectivity index (χ1n) is 13.4. The number of hydrogen-bond donors (Lipinski definition) is 2. The van der Waals surface area contributed by atoms with Crippen LogP contribution < -0.4 is 15.5 Å². The van der Waals surface area contributed by atoms with Gasteiger partial charge in [-0.15, -0.1) is 0 Å². The second-order valence-electron chi connectivity index (χ2n) is 9.84. The molecule has 3 amide bonds. The summed E-state index contributed by atoms with van der Waals surface area (Å²) in [5, 5.41) is 6.58. The van der Waals surface area contributed by atoms with Crippen LogP contribution >= 0.6 is 23.2 Å². The zero-order valence-electron chi connectivity index (χ0n) is 22.7. The summed E-state index contributed by atoms with van der Waals surface area (Å²) in [7, 11) is 1.56. The van der Waals surface area contributed by atoms with E-state index in [1.54, 1.807) is 97.2 Å². The van der Waals surface area contributed by atoms with Crippen LogP contribution in [0.5, 0.6) is 0 Å². The number of nitrogens with zero attached hydrogens (tertiary/aromatic N) is 2. The van der Waals surface area contributed by atoms with Gasteiger partial charge >= 0.3 is 0 Å². The van der Waals surface area contributed by atoms with Crippen molar-refractivity contribution in [2.45, 2.75) is 31.4 Å². The van der Waals surface area contributed by atoms with E-state index in [1.807, 2.05) is 6.07 Å². The van der Waals surface area contributed by atoms with Crippen molar-refractivity contribution in [1.29, 1.82) is 0 Å². The summed E-state index contributed by atoms with van der Waals surface area (Å²) in [4.78, 5) is 45.2. The van der Waals surface area contributed by atoms with Crippen molar-refractivity contribution in [3.05, 3.63) is 118 Å². The Bertz CT molecular complexity index is 1600. The Morgan fingerprint density at radius 2 is 1.62 bits per heavy atom. The van der Waals surface area contributed by atoms with E-state index in [2.05, 4.69) is 15.6 Å². The van der Waals surface area contributed by atoms with Gasteiger partial charge in [0.05, 0.1) is 16.3 Å². The monoisotopic (exact) mass is 602 g/mol. The molecule has 0 fully saturated rings. The van der Waals surface area contributed by atoms with Crippen LogP contribution in [0.25, 0.3) is 0 Å². The summed E-state index contributed by atoms with van der Waals surface area (Å²) in [5.41, 5.74) is 3.36. The number of ether oxygens (including phenoxy) is 1. The summed E-state index contributed by atoms with van der Waals surface area (Å²) >= 11 is 12.6. The van der Waals surface area contributed by atoms with Crippen LogP contribution in [0.3, 0.4) is 0 Å². The molecule has 10 heteroatoms. The Balaban J connectivity index is 1.38. The molecule has 2 heterocycles. The van der Waals surface area contributed by atoms with Gasteiger partial charge in [0.25, 0.3) is 11.8 Å². The number of nitrogens with one attached hydrogen (secondary N) is 2. The van der Waals surface area contributed by atoms with Gasteiger partial charge in [-0.1, -0.05) is 35.3 Å². The van der Waals surface area contributed by atoms with Crippen molar-refractivity contribution in [1.82, 2.24) is 4.98 Å². The Kier molecular flexibility index (Phi) is 9.17. The highest BCUT2D eigenvalue weighted by Gasteiger charge is 2.34. The molecule has 214 valence electrons. The molecule has 0 radical (unpaired) electrons. The van der Waals surface area contributed by atoms with Gasteiger partial charge in [-0.05, 0) is 91.1 Å². The van der Waals surface area contributed by atoms with Gasteiger partial charge in [0.1, 0.15) is 6.23 Å². The summed E-state index contributed by atoms with van der Waals surface area (Å²) in [6.07, 6.45) is 3.98. The molecule has 1 aromatic heterocycles. The third-order valence-corrected chi connectivity index (χ3v) is 7.70. The number of halogens is 2. The third kappa shape index (κ3) is 6.62. The molecular weight excluding hydrogens is 575 g/mol. The minimum absolute atomic E-state index is 0.153. The molecule has 1 aliphatic rings. The molecule has 0 aliphatic carbocycles. The number of hydrogen-bond acceptors (Lipinski definition) is 5. The van der Waals surface area contributed by atoms with E-state index in [4.69, 9.17) is 27.9 Å².